The number of sulfonamides is 1. The van der Waals surface area contributed by atoms with Crippen LogP contribution in [0.25, 0.3) is 0 Å². The van der Waals surface area contributed by atoms with E-state index in [9.17, 15) is 13.2 Å². The highest BCUT2D eigenvalue weighted by Gasteiger charge is 2.25. The second-order valence-corrected chi connectivity index (χ2v) is 8.86. The van der Waals surface area contributed by atoms with Gasteiger partial charge in [-0.2, -0.15) is 0 Å². The average Bonchev–Trinajstić information content (AvgIpc) is 2.89. The molecule has 7 heteroatoms. The van der Waals surface area contributed by atoms with E-state index in [0.717, 1.165) is 30.9 Å². The third-order valence-electron chi connectivity index (χ3n) is 5.28. The fourth-order valence-electron chi connectivity index (χ4n) is 3.78. The lowest BCUT2D eigenvalue weighted by Crippen LogP contribution is -2.35. The third kappa shape index (κ3) is 4.45. The van der Waals surface area contributed by atoms with Gasteiger partial charge < -0.3 is 9.80 Å². The molecule has 0 spiro atoms. The predicted molar refractivity (Wildman–Crippen MR) is 103 cm³/mol. The van der Waals surface area contributed by atoms with E-state index in [2.05, 4.69) is 9.62 Å². The lowest BCUT2D eigenvalue weighted by atomic mass is 10.2. The van der Waals surface area contributed by atoms with Crippen LogP contribution in [0.1, 0.15) is 44.6 Å². The number of carbonyl (C=O) groups is 1. The monoisotopic (exact) mass is 379 g/mol. The molecule has 0 saturated carbocycles. The molecule has 0 aromatic heterocycles. The number of fused-ring (bicyclic) bond motifs is 1. The Labute approximate surface area is 156 Å². The van der Waals surface area contributed by atoms with Gasteiger partial charge in [-0.3, -0.25) is 4.79 Å². The molecule has 1 aromatic carbocycles. The van der Waals surface area contributed by atoms with Gasteiger partial charge >= 0.3 is 0 Å². The molecule has 0 atom stereocenters. The van der Waals surface area contributed by atoms with Crippen molar-refractivity contribution < 1.29 is 13.2 Å². The van der Waals surface area contributed by atoms with E-state index in [1.54, 1.807) is 23.1 Å². The Bertz CT molecular complexity index is 740. The van der Waals surface area contributed by atoms with Crippen molar-refractivity contribution in [3.63, 3.8) is 0 Å². The van der Waals surface area contributed by atoms with E-state index in [1.165, 1.54) is 25.7 Å². The summed E-state index contributed by atoms with van der Waals surface area (Å²) in [5.41, 5.74) is 1.78. The molecule has 1 aromatic rings. The van der Waals surface area contributed by atoms with Gasteiger partial charge in [0, 0.05) is 31.7 Å². The van der Waals surface area contributed by atoms with Gasteiger partial charge in [0.25, 0.3) is 0 Å². The first-order valence-electron chi connectivity index (χ1n) is 9.66. The second kappa shape index (κ2) is 8.50. The first-order chi connectivity index (χ1) is 12.5. The van der Waals surface area contributed by atoms with E-state index >= 15 is 0 Å². The van der Waals surface area contributed by atoms with E-state index in [4.69, 9.17) is 0 Å². The Hall–Kier alpha value is -1.44. The number of nitrogens with one attached hydrogen (secondary N) is 1. The average molecular weight is 380 g/mol. The molecule has 2 aliphatic heterocycles. The molecule has 1 saturated heterocycles. The zero-order valence-electron chi connectivity index (χ0n) is 15.5. The molecule has 0 unspecified atom stereocenters. The maximum Gasteiger partial charge on any atom is 0.240 e. The molecule has 0 aliphatic carbocycles. The summed E-state index contributed by atoms with van der Waals surface area (Å²) < 4.78 is 27.9. The van der Waals surface area contributed by atoms with E-state index < -0.39 is 10.0 Å². The summed E-state index contributed by atoms with van der Waals surface area (Å²) in [7, 11) is -3.52. The molecule has 6 nitrogen and oxygen atoms in total. The molecule has 1 amide bonds. The van der Waals surface area contributed by atoms with Gasteiger partial charge in [-0.1, -0.05) is 19.8 Å². The van der Waals surface area contributed by atoms with Crippen LogP contribution in [0, 0.1) is 0 Å². The fourth-order valence-corrected chi connectivity index (χ4v) is 4.85. The third-order valence-corrected chi connectivity index (χ3v) is 6.74. The summed E-state index contributed by atoms with van der Waals surface area (Å²) >= 11 is 0. The van der Waals surface area contributed by atoms with Crippen LogP contribution in [-0.4, -0.2) is 51.9 Å². The number of nitrogens with zero attached hydrogens (tertiary/aromatic N) is 2. The molecule has 2 aliphatic rings. The Morgan fingerprint density at radius 1 is 1.12 bits per heavy atom. The number of carbonyl (C=O) groups excluding carboxylic acids is 1. The highest BCUT2D eigenvalue weighted by molar-refractivity contribution is 7.89. The van der Waals surface area contributed by atoms with Crippen LogP contribution in [0.4, 0.5) is 5.69 Å². The highest BCUT2D eigenvalue weighted by Crippen LogP contribution is 2.30. The Morgan fingerprint density at radius 2 is 1.85 bits per heavy atom. The largest absolute Gasteiger partial charge is 0.312 e. The van der Waals surface area contributed by atoms with Gasteiger partial charge in [0.05, 0.1) is 4.90 Å². The van der Waals surface area contributed by atoms with Crippen LogP contribution in [0.3, 0.4) is 0 Å². The fraction of sp³-hybridized carbons (Fsp3) is 0.632. The van der Waals surface area contributed by atoms with E-state index in [0.29, 0.717) is 25.9 Å². The Balaban J connectivity index is 1.62. The number of rotatable bonds is 6. The Morgan fingerprint density at radius 3 is 2.54 bits per heavy atom. The lowest BCUT2D eigenvalue weighted by Gasteiger charge is -2.20. The van der Waals surface area contributed by atoms with Crippen LogP contribution in [-0.2, 0) is 21.2 Å². The molecular formula is C19H29N3O3S. The standard InChI is InChI=1S/C19H29N3O3S/c1-2-19(23)22-13-9-16-15-17(7-8-18(16)22)26(24,25)20-10-14-21-11-5-3-4-6-12-21/h7-8,15,20H,2-6,9-14H2,1H3. The first-order valence-corrected chi connectivity index (χ1v) is 11.1. The summed E-state index contributed by atoms with van der Waals surface area (Å²) in [6.07, 6.45) is 6.11. The topological polar surface area (TPSA) is 69.7 Å². The number of amides is 1. The van der Waals surface area contributed by atoms with E-state index in [-0.39, 0.29) is 10.8 Å². The van der Waals surface area contributed by atoms with Crippen molar-refractivity contribution in [3.8, 4) is 0 Å². The summed E-state index contributed by atoms with van der Waals surface area (Å²) in [4.78, 5) is 16.3. The first kappa shape index (κ1) is 19.3. The van der Waals surface area contributed by atoms with Crippen molar-refractivity contribution in [3.05, 3.63) is 23.8 Å². The summed E-state index contributed by atoms with van der Waals surface area (Å²) in [6.45, 7) is 5.77. The number of hydrogen-bond donors (Lipinski definition) is 1. The minimum Gasteiger partial charge on any atom is -0.312 e. The number of likely N-dealkylation sites (tertiary alicyclic amines) is 1. The van der Waals surface area contributed by atoms with E-state index in [1.807, 2.05) is 6.92 Å². The lowest BCUT2D eigenvalue weighted by molar-refractivity contribution is -0.118. The molecule has 2 heterocycles. The van der Waals surface area contributed by atoms with Crippen molar-refractivity contribution in [1.82, 2.24) is 9.62 Å². The van der Waals surface area contributed by atoms with Gasteiger partial charge in [-0.15, -0.1) is 0 Å². The SMILES string of the molecule is CCC(=O)N1CCc2cc(S(=O)(=O)NCCN3CCCCCC3)ccc21. The Kier molecular flexibility index (Phi) is 6.32. The van der Waals surface area contributed by atoms with Crippen molar-refractivity contribution in [2.45, 2.75) is 50.3 Å². The zero-order chi connectivity index (χ0) is 18.6. The number of anilines is 1. The van der Waals surface area contributed by atoms with Gasteiger partial charge in [-0.25, -0.2) is 13.1 Å². The normalized spacial score (nSPS) is 18.6. The molecule has 0 bridgehead atoms. The molecule has 3 rings (SSSR count). The van der Waals surface area contributed by atoms with Crippen LogP contribution in [0.15, 0.2) is 23.1 Å². The van der Waals surface area contributed by atoms with Crippen molar-refractivity contribution in [1.29, 1.82) is 0 Å². The molecular weight excluding hydrogens is 350 g/mol. The molecule has 1 N–H and O–H groups in total. The van der Waals surface area contributed by atoms with Crippen molar-refractivity contribution in [2.24, 2.45) is 0 Å². The molecule has 0 radical (unpaired) electrons. The molecule has 144 valence electrons. The van der Waals surface area contributed by atoms with Crippen LogP contribution in [0.2, 0.25) is 0 Å². The number of benzene rings is 1. The minimum atomic E-state index is -3.52. The second-order valence-electron chi connectivity index (χ2n) is 7.09. The van der Waals surface area contributed by atoms with Gasteiger partial charge in [-0.05, 0) is 56.1 Å². The smallest absolute Gasteiger partial charge is 0.240 e. The summed E-state index contributed by atoms with van der Waals surface area (Å²) in [5, 5.41) is 0. The van der Waals surface area contributed by atoms with Crippen LogP contribution in [0.5, 0.6) is 0 Å². The van der Waals surface area contributed by atoms with Crippen LogP contribution >= 0.6 is 0 Å². The van der Waals surface area contributed by atoms with Gasteiger partial charge in [0.15, 0.2) is 0 Å². The van der Waals surface area contributed by atoms with Crippen molar-refractivity contribution in [2.75, 3.05) is 37.6 Å². The van der Waals surface area contributed by atoms with Crippen LogP contribution < -0.4 is 9.62 Å². The van der Waals surface area contributed by atoms with Crippen molar-refractivity contribution >= 4 is 21.6 Å². The summed E-state index contributed by atoms with van der Waals surface area (Å²) in [5.74, 6) is 0.0786. The highest BCUT2D eigenvalue weighted by atomic mass is 32.2. The molecule has 1 fully saturated rings. The maximum absolute atomic E-state index is 12.6. The zero-order valence-corrected chi connectivity index (χ0v) is 16.4. The quantitative estimate of drug-likeness (QED) is 0.822. The predicted octanol–water partition coefficient (Wildman–Crippen LogP) is 2.14. The molecule has 26 heavy (non-hydrogen) atoms. The summed E-state index contributed by atoms with van der Waals surface area (Å²) in [6, 6.07) is 5.08. The maximum atomic E-state index is 12.6. The minimum absolute atomic E-state index is 0.0786. The van der Waals surface area contributed by atoms with Gasteiger partial charge in [0.2, 0.25) is 15.9 Å². The number of hydrogen-bond acceptors (Lipinski definition) is 4. The van der Waals surface area contributed by atoms with Gasteiger partial charge in [0.1, 0.15) is 0 Å².